The van der Waals surface area contributed by atoms with Crippen LogP contribution in [0.25, 0.3) is 11.1 Å². The van der Waals surface area contributed by atoms with E-state index in [-0.39, 0.29) is 13.0 Å². The summed E-state index contributed by atoms with van der Waals surface area (Å²) in [6.07, 6.45) is 5.76. The van der Waals surface area contributed by atoms with Crippen LogP contribution in [0.5, 0.6) is 5.75 Å². The fourth-order valence-electron chi connectivity index (χ4n) is 3.95. The number of carbonyl (C=O) groups excluding carboxylic acids is 2. The quantitative estimate of drug-likeness (QED) is 0.126. The normalized spacial score (nSPS) is 11.8. The summed E-state index contributed by atoms with van der Waals surface area (Å²) in [5, 5.41) is 15.3. The second kappa shape index (κ2) is 13.8. The Morgan fingerprint density at radius 1 is 0.947 bits per heavy atom. The van der Waals surface area contributed by atoms with Crippen LogP contribution in [-0.4, -0.2) is 38.7 Å². The van der Waals surface area contributed by atoms with Crippen molar-refractivity contribution in [2.45, 2.75) is 38.7 Å². The van der Waals surface area contributed by atoms with Crippen molar-refractivity contribution in [1.82, 2.24) is 20.6 Å². The van der Waals surface area contributed by atoms with E-state index in [1.54, 1.807) is 66.4 Å². The zero-order valence-electron chi connectivity index (χ0n) is 23.0. The van der Waals surface area contributed by atoms with Gasteiger partial charge in [-0.05, 0) is 48.6 Å². The van der Waals surface area contributed by atoms with Crippen LogP contribution in [0.3, 0.4) is 0 Å². The molecule has 0 atom stereocenters. The Morgan fingerprint density at radius 3 is 2.45 bits per heavy atom. The van der Waals surface area contributed by atoms with Crippen molar-refractivity contribution in [2.24, 2.45) is 0 Å². The molecule has 0 aliphatic heterocycles. The molecule has 196 valence electrons. The highest BCUT2D eigenvalue weighted by Gasteiger charge is 2.19. The van der Waals surface area contributed by atoms with Gasteiger partial charge in [-0.15, -0.1) is 0 Å². The number of hydrogen-bond acceptors (Lipinski definition) is 5. The van der Waals surface area contributed by atoms with Crippen molar-refractivity contribution in [1.29, 1.82) is 0 Å². The summed E-state index contributed by atoms with van der Waals surface area (Å²) in [6, 6.07) is 22.9. The molecule has 8 heteroatoms. The highest BCUT2D eigenvalue weighted by atomic mass is 16.5. The van der Waals surface area contributed by atoms with Gasteiger partial charge in [-0.1, -0.05) is 60.7 Å². The fraction of sp³-hybridized carbons (Fsp3) is 0.233. The number of para-hydroxylation sites is 1. The van der Waals surface area contributed by atoms with Crippen LogP contribution in [0.4, 0.5) is 0 Å². The third-order valence-corrected chi connectivity index (χ3v) is 5.98. The third-order valence-electron chi connectivity index (χ3n) is 5.98. The summed E-state index contributed by atoms with van der Waals surface area (Å²) in [6.45, 7) is -1.73. The lowest BCUT2D eigenvalue weighted by Crippen LogP contribution is -2.30. The number of aromatic nitrogens is 2. The van der Waals surface area contributed by atoms with Gasteiger partial charge in [-0.3, -0.25) is 19.9 Å². The maximum atomic E-state index is 13.9. The molecule has 3 N–H and O–H groups in total. The molecular weight excluding hydrogens is 480 g/mol. The highest BCUT2D eigenvalue weighted by Crippen LogP contribution is 2.24. The van der Waals surface area contributed by atoms with Crippen molar-refractivity contribution in [2.75, 3.05) is 6.61 Å². The van der Waals surface area contributed by atoms with E-state index in [0.29, 0.717) is 41.9 Å². The molecule has 1 heterocycles. The number of rotatable bonds is 13. The monoisotopic (exact) mass is 514 g/mol. The number of hydrogen-bond donors (Lipinski definition) is 3. The van der Waals surface area contributed by atoms with Gasteiger partial charge in [0.1, 0.15) is 5.75 Å². The lowest BCUT2D eigenvalue weighted by atomic mass is 10.1. The largest absolute Gasteiger partial charge is 0.493 e. The topological polar surface area (TPSA) is 108 Å². The molecule has 0 unspecified atom stereocenters. The Kier molecular flexibility index (Phi) is 8.67. The molecule has 0 aliphatic rings. The van der Waals surface area contributed by atoms with E-state index >= 15 is 0 Å². The molecule has 0 spiro atoms. The minimum atomic E-state index is -2.11. The van der Waals surface area contributed by atoms with Crippen molar-refractivity contribution in [3.63, 3.8) is 0 Å². The Hall–Kier alpha value is -4.43. The average Bonchev–Trinajstić information content (AvgIpc) is 3.53. The molecule has 4 rings (SSSR count). The summed E-state index contributed by atoms with van der Waals surface area (Å²) in [5.41, 5.74) is 4.79. The second-order valence-corrected chi connectivity index (χ2v) is 8.74. The SMILES string of the molecule is [2H]C([2H])(c1ccccc1)N(Cc1ccccc1OCCCCCC(=O)NO)C(=O)c1ccc(-c2cn[nH]c2)cc1. The van der Waals surface area contributed by atoms with Crippen molar-refractivity contribution in [3.8, 4) is 16.9 Å². The van der Waals surface area contributed by atoms with Gasteiger partial charge in [0.2, 0.25) is 5.91 Å². The molecule has 38 heavy (non-hydrogen) atoms. The van der Waals surface area contributed by atoms with Crippen molar-refractivity contribution < 1.29 is 22.3 Å². The molecule has 0 radical (unpaired) electrons. The predicted octanol–water partition coefficient (Wildman–Crippen LogP) is 5.36. The maximum Gasteiger partial charge on any atom is 0.254 e. The number of ether oxygens (including phenoxy) is 1. The van der Waals surface area contributed by atoms with Gasteiger partial charge >= 0.3 is 0 Å². The van der Waals surface area contributed by atoms with Gasteiger partial charge in [0.15, 0.2) is 0 Å². The van der Waals surface area contributed by atoms with Gasteiger partial charge in [-0.2, -0.15) is 5.10 Å². The van der Waals surface area contributed by atoms with Gasteiger partial charge in [0.25, 0.3) is 5.91 Å². The summed E-state index contributed by atoms with van der Waals surface area (Å²) in [4.78, 5) is 26.3. The Balaban J connectivity index is 1.54. The summed E-state index contributed by atoms with van der Waals surface area (Å²) in [7, 11) is 0. The van der Waals surface area contributed by atoms with Crippen LogP contribution < -0.4 is 10.2 Å². The minimum absolute atomic E-state index is 0.0168. The van der Waals surface area contributed by atoms with Crippen LogP contribution in [0.15, 0.2) is 91.3 Å². The van der Waals surface area contributed by atoms with E-state index < -0.39 is 18.3 Å². The molecule has 2 amide bonds. The van der Waals surface area contributed by atoms with Gasteiger partial charge in [0, 0.05) is 42.3 Å². The first kappa shape index (κ1) is 23.9. The number of unbranched alkanes of at least 4 members (excludes halogenated alkanes) is 2. The summed E-state index contributed by atoms with van der Waals surface area (Å²) < 4.78 is 24.0. The first-order valence-electron chi connectivity index (χ1n) is 13.5. The number of benzene rings is 3. The predicted molar refractivity (Wildman–Crippen MR) is 144 cm³/mol. The van der Waals surface area contributed by atoms with Crippen molar-refractivity contribution >= 4 is 11.8 Å². The number of H-pyrrole nitrogens is 1. The van der Waals surface area contributed by atoms with Crippen LogP contribution >= 0.6 is 0 Å². The fourth-order valence-corrected chi connectivity index (χ4v) is 3.95. The highest BCUT2D eigenvalue weighted by molar-refractivity contribution is 5.94. The zero-order valence-corrected chi connectivity index (χ0v) is 21.0. The molecule has 0 saturated heterocycles. The molecule has 3 aromatic carbocycles. The van der Waals surface area contributed by atoms with E-state index in [1.165, 1.54) is 4.90 Å². The van der Waals surface area contributed by atoms with Gasteiger partial charge in [0.05, 0.1) is 15.5 Å². The number of nitrogens with one attached hydrogen (secondary N) is 2. The molecule has 0 fully saturated rings. The lowest BCUT2D eigenvalue weighted by molar-refractivity contribution is -0.129. The summed E-state index contributed by atoms with van der Waals surface area (Å²) >= 11 is 0. The maximum absolute atomic E-state index is 13.9. The molecule has 8 nitrogen and oxygen atoms in total. The van der Waals surface area contributed by atoms with E-state index in [0.717, 1.165) is 17.5 Å². The second-order valence-electron chi connectivity index (χ2n) is 8.74. The van der Waals surface area contributed by atoms with E-state index in [1.807, 2.05) is 30.3 Å². The smallest absolute Gasteiger partial charge is 0.254 e. The van der Waals surface area contributed by atoms with Gasteiger partial charge < -0.3 is 9.64 Å². The zero-order chi connectivity index (χ0) is 28.4. The number of hydroxylamine groups is 1. The number of nitrogens with zero attached hydrogens (tertiary/aromatic N) is 2. The molecule has 1 aromatic heterocycles. The minimum Gasteiger partial charge on any atom is -0.493 e. The number of aromatic amines is 1. The average molecular weight is 515 g/mol. The molecule has 0 saturated carbocycles. The molecular formula is C30H32N4O4. The van der Waals surface area contributed by atoms with E-state index in [2.05, 4.69) is 10.2 Å². The number of amides is 2. The van der Waals surface area contributed by atoms with E-state index in [9.17, 15) is 9.59 Å². The lowest BCUT2D eigenvalue weighted by Gasteiger charge is -2.24. The standard InChI is InChI=1S/C30H32N4O4/c35-29(33-37)13-5-2-8-18-38-28-12-7-6-11-26(28)22-34(21-23-9-3-1-4-10-23)30(36)25-16-14-24(15-17-25)27-19-31-32-20-27/h1,3-4,6-7,9-12,14-17,19-20,37H,2,5,8,13,18,21-22H2,(H,31,32)(H,33,35)/i21D2. The Morgan fingerprint density at radius 2 is 1.71 bits per heavy atom. The van der Waals surface area contributed by atoms with Crippen LogP contribution in [-0.2, 0) is 17.8 Å². The molecule has 4 aromatic rings. The van der Waals surface area contributed by atoms with Crippen molar-refractivity contribution in [3.05, 3.63) is 108 Å². The first-order valence-corrected chi connectivity index (χ1v) is 12.5. The van der Waals surface area contributed by atoms with E-state index in [4.69, 9.17) is 12.7 Å². The summed E-state index contributed by atoms with van der Waals surface area (Å²) in [5.74, 6) is -0.308. The molecule has 0 aliphatic carbocycles. The molecule has 0 bridgehead atoms. The third kappa shape index (κ3) is 7.54. The Bertz CT molecular complexity index is 1380. The van der Waals surface area contributed by atoms with Crippen LogP contribution in [0, 0.1) is 0 Å². The van der Waals surface area contributed by atoms with Crippen LogP contribution in [0.2, 0.25) is 0 Å². The van der Waals surface area contributed by atoms with Crippen LogP contribution in [0.1, 0.15) is 49.9 Å². The van der Waals surface area contributed by atoms with Gasteiger partial charge in [-0.25, -0.2) is 5.48 Å². The first-order chi connectivity index (χ1) is 19.4. The Labute approximate surface area is 225 Å². The number of carbonyl (C=O) groups is 2.